The van der Waals surface area contributed by atoms with E-state index in [-0.39, 0.29) is 19.1 Å². The number of sulfone groups is 1. The lowest BCUT2D eigenvalue weighted by Gasteiger charge is -2.39. The first-order chi connectivity index (χ1) is 8.39. The van der Waals surface area contributed by atoms with E-state index in [1.807, 2.05) is 37.9 Å². The zero-order chi connectivity index (χ0) is 13.5. The van der Waals surface area contributed by atoms with Gasteiger partial charge in [-0.05, 0) is 38.0 Å². The molecule has 2 atom stereocenters. The molecular formula is C13H19NO3S. The van der Waals surface area contributed by atoms with E-state index in [1.54, 1.807) is 6.07 Å². The second kappa shape index (κ2) is 4.55. The first-order valence-corrected chi connectivity index (χ1v) is 7.62. The van der Waals surface area contributed by atoms with Crippen LogP contribution in [0.25, 0.3) is 0 Å². The van der Waals surface area contributed by atoms with E-state index in [4.69, 9.17) is 5.11 Å². The zero-order valence-electron chi connectivity index (χ0n) is 10.9. The van der Waals surface area contributed by atoms with E-state index in [0.717, 1.165) is 11.3 Å². The molecule has 1 aromatic carbocycles. The third kappa shape index (κ3) is 1.91. The Morgan fingerprint density at radius 3 is 2.67 bits per heavy atom. The Hall–Kier alpha value is -1.07. The molecule has 0 saturated carbocycles. The third-order valence-corrected chi connectivity index (χ3v) is 6.15. The molecule has 18 heavy (non-hydrogen) atoms. The second-order valence-corrected chi connectivity index (χ2v) is 7.05. The Balaban J connectivity index is 2.62. The first-order valence-electron chi connectivity index (χ1n) is 6.08. The minimum Gasteiger partial charge on any atom is -0.396 e. The van der Waals surface area contributed by atoms with E-state index in [1.165, 1.54) is 0 Å². The molecule has 1 aliphatic rings. The van der Waals surface area contributed by atoms with Crippen LogP contribution in [0, 0.1) is 6.92 Å². The molecule has 1 N–H and O–H groups in total. The quantitative estimate of drug-likeness (QED) is 0.880. The van der Waals surface area contributed by atoms with Crippen LogP contribution >= 0.6 is 0 Å². The van der Waals surface area contributed by atoms with Crippen LogP contribution < -0.4 is 4.90 Å². The smallest absolute Gasteiger partial charge is 0.185 e. The lowest BCUT2D eigenvalue weighted by atomic mass is 10.1. The molecule has 0 amide bonds. The van der Waals surface area contributed by atoms with Gasteiger partial charge in [-0.2, -0.15) is 0 Å². The molecular weight excluding hydrogens is 250 g/mol. The lowest BCUT2D eigenvalue weighted by Crippen LogP contribution is -2.48. The van der Waals surface area contributed by atoms with Gasteiger partial charge in [-0.15, -0.1) is 0 Å². The van der Waals surface area contributed by atoms with Gasteiger partial charge >= 0.3 is 0 Å². The highest BCUT2D eigenvalue weighted by atomic mass is 32.2. The van der Waals surface area contributed by atoms with Crippen LogP contribution in [0.2, 0.25) is 0 Å². The average molecular weight is 269 g/mol. The summed E-state index contributed by atoms with van der Waals surface area (Å²) in [7, 11) is -1.44. The van der Waals surface area contributed by atoms with Gasteiger partial charge in [0, 0.05) is 19.7 Å². The highest BCUT2D eigenvalue weighted by Gasteiger charge is 2.40. The van der Waals surface area contributed by atoms with Crippen molar-refractivity contribution in [3.8, 4) is 0 Å². The van der Waals surface area contributed by atoms with Gasteiger partial charge in [-0.3, -0.25) is 0 Å². The van der Waals surface area contributed by atoms with Crippen LogP contribution in [0.5, 0.6) is 0 Å². The number of hydrogen-bond donors (Lipinski definition) is 1. The summed E-state index contributed by atoms with van der Waals surface area (Å²) in [4.78, 5) is 2.37. The van der Waals surface area contributed by atoms with Gasteiger partial charge in [0.2, 0.25) is 0 Å². The number of nitrogens with zero attached hydrogens (tertiary/aromatic N) is 1. The summed E-state index contributed by atoms with van der Waals surface area (Å²) in [6, 6.07) is 5.26. The van der Waals surface area contributed by atoms with E-state index in [2.05, 4.69) is 0 Å². The van der Waals surface area contributed by atoms with Crippen LogP contribution in [0.4, 0.5) is 5.69 Å². The molecule has 1 aromatic rings. The maximum atomic E-state index is 12.5. The van der Waals surface area contributed by atoms with Crippen molar-refractivity contribution in [2.24, 2.45) is 0 Å². The largest absolute Gasteiger partial charge is 0.396 e. The molecule has 0 spiro atoms. The van der Waals surface area contributed by atoms with Gasteiger partial charge in [0.1, 0.15) is 0 Å². The molecule has 0 bridgehead atoms. The molecule has 0 aromatic heterocycles. The fourth-order valence-electron chi connectivity index (χ4n) is 2.56. The van der Waals surface area contributed by atoms with Crippen molar-refractivity contribution in [2.45, 2.75) is 36.5 Å². The van der Waals surface area contributed by atoms with Crippen LogP contribution in [-0.4, -0.2) is 38.5 Å². The summed E-state index contributed by atoms with van der Waals surface area (Å²) in [6.07, 6.45) is 0.279. The number of benzene rings is 1. The van der Waals surface area contributed by atoms with E-state index in [9.17, 15) is 8.42 Å². The van der Waals surface area contributed by atoms with Crippen molar-refractivity contribution < 1.29 is 13.5 Å². The minimum absolute atomic E-state index is 0.108. The summed E-state index contributed by atoms with van der Waals surface area (Å²) in [6.45, 7) is 3.73. The molecule has 2 unspecified atom stereocenters. The van der Waals surface area contributed by atoms with E-state index in [0.29, 0.717) is 4.90 Å². The number of aliphatic hydroxyl groups is 1. The Labute approximate surface area is 108 Å². The highest BCUT2D eigenvalue weighted by Crippen LogP contribution is 2.37. The maximum absolute atomic E-state index is 12.5. The van der Waals surface area contributed by atoms with Crippen molar-refractivity contribution in [1.29, 1.82) is 0 Å². The van der Waals surface area contributed by atoms with Gasteiger partial charge in [0.15, 0.2) is 9.84 Å². The molecule has 5 heteroatoms. The lowest BCUT2D eigenvalue weighted by molar-refractivity contribution is 0.280. The van der Waals surface area contributed by atoms with Gasteiger partial charge in [0.25, 0.3) is 0 Å². The normalized spacial score (nSPS) is 25.9. The molecule has 2 rings (SSSR count). The molecule has 100 valence electrons. The zero-order valence-corrected chi connectivity index (χ0v) is 11.7. The Morgan fingerprint density at radius 1 is 1.39 bits per heavy atom. The van der Waals surface area contributed by atoms with Crippen LogP contribution in [0.3, 0.4) is 0 Å². The highest BCUT2D eigenvalue weighted by molar-refractivity contribution is 7.92. The van der Waals surface area contributed by atoms with Crippen LogP contribution in [0.15, 0.2) is 23.1 Å². The summed E-state index contributed by atoms with van der Waals surface area (Å²) in [5.74, 6) is 0. The molecule has 0 saturated heterocycles. The average Bonchev–Trinajstić information content (AvgIpc) is 2.32. The Morgan fingerprint density at radius 2 is 2.06 bits per heavy atom. The standard InChI is InChI=1S/C13H19NO3S/c1-9-4-5-13-11(8-9)14(3)10(2)12(6-7-15)18(13,16)17/h4-5,8,10,12,15H,6-7H2,1-3H3. The predicted octanol–water partition coefficient (Wildman–Crippen LogP) is 1.36. The third-order valence-electron chi connectivity index (χ3n) is 3.76. The number of rotatable bonds is 2. The van der Waals surface area contributed by atoms with Crippen LogP contribution in [-0.2, 0) is 9.84 Å². The maximum Gasteiger partial charge on any atom is 0.185 e. The molecule has 0 fully saturated rings. The molecule has 4 nitrogen and oxygen atoms in total. The van der Waals surface area contributed by atoms with Crippen molar-refractivity contribution in [1.82, 2.24) is 0 Å². The minimum atomic E-state index is -3.35. The molecule has 1 heterocycles. The Bertz CT molecular complexity index is 553. The summed E-state index contributed by atoms with van der Waals surface area (Å²) < 4.78 is 25.0. The monoisotopic (exact) mass is 269 g/mol. The van der Waals surface area contributed by atoms with Gasteiger partial charge < -0.3 is 10.0 Å². The van der Waals surface area contributed by atoms with Gasteiger partial charge in [0.05, 0.1) is 15.8 Å². The second-order valence-electron chi connectivity index (χ2n) is 4.92. The van der Waals surface area contributed by atoms with Crippen molar-refractivity contribution >= 4 is 15.5 Å². The number of aryl methyl sites for hydroxylation is 1. The van der Waals surface area contributed by atoms with Gasteiger partial charge in [-0.1, -0.05) is 6.07 Å². The van der Waals surface area contributed by atoms with E-state index >= 15 is 0 Å². The predicted molar refractivity (Wildman–Crippen MR) is 71.7 cm³/mol. The summed E-state index contributed by atoms with van der Waals surface area (Å²) >= 11 is 0. The fraction of sp³-hybridized carbons (Fsp3) is 0.538. The van der Waals surface area contributed by atoms with Gasteiger partial charge in [-0.25, -0.2) is 8.42 Å². The number of anilines is 1. The number of aliphatic hydroxyl groups excluding tert-OH is 1. The topological polar surface area (TPSA) is 57.6 Å². The number of fused-ring (bicyclic) bond motifs is 1. The first kappa shape index (κ1) is 13.4. The van der Waals surface area contributed by atoms with Crippen molar-refractivity contribution in [2.75, 3.05) is 18.6 Å². The summed E-state index contributed by atoms with van der Waals surface area (Å²) in [5, 5.41) is 8.52. The fourth-order valence-corrected chi connectivity index (χ4v) is 4.75. The van der Waals surface area contributed by atoms with Crippen molar-refractivity contribution in [3.05, 3.63) is 23.8 Å². The van der Waals surface area contributed by atoms with Crippen LogP contribution in [0.1, 0.15) is 18.9 Å². The van der Waals surface area contributed by atoms with E-state index < -0.39 is 15.1 Å². The molecule has 0 radical (unpaired) electrons. The van der Waals surface area contributed by atoms with Crippen molar-refractivity contribution in [3.63, 3.8) is 0 Å². The molecule has 0 aliphatic carbocycles. The Kier molecular flexibility index (Phi) is 3.38. The summed E-state index contributed by atoms with van der Waals surface area (Å²) in [5.41, 5.74) is 1.81. The number of hydrogen-bond acceptors (Lipinski definition) is 4. The SMILES string of the molecule is Cc1ccc2c(c1)N(C)C(C)C(CCO)S2(=O)=O. The molecule has 1 aliphatic heterocycles.